The van der Waals surface area contributed by atoms with Gasteiger partial charge in [-0.2, -0.15) is 0 Å². The van der Waals surface area contributed by atoms with Crippen LogP contribution in [0.1, 0.15) is 22.7 Å². The highest BCUT2D eigenvalue weighted by Gasteiger charge is 2.27. The standard InChI is InChI=1S/C14H21N3O/c1-10-3-4-11(2)12(9-10)13(14(15)18)17-7-5-16-6-8-17/h3-4,9,13,16H,5-8H2,1-2H3,(H2,15,18). The second-order valence-electron chi connectivity index (χ2n) is 4.95. The Bertz CT molecular complexity index is 439. The van der Waals surface area contributed by atoms with Crippen LogP contribution in [0.4, 0.5) is 0 Å². The number of hydrogen-bond acceptors (Lipinski definition) is 3. The Balaban J connectivity index is 2.34. The van der Waals surface area contributed by atoms with Crippen LogP contribution in [-0.2, 0) is 4.79 Å². The Labute approximate surface area is 108 Å². The highest BCUT2D eigenvalue weighted by molar-refractivity contribution is 5.82. The fourth-order valence-corrected chi connectivity index (χ4v) is 2.52. The Morgan fingerprint density at radius 3 is 2.61 bits per heavy atom. The fraction of sp³-hybridized carbons (Fsp3) is 0.500. The van der Waals surface area contributed by atoms with Gasteiger partial charge in [0.1, 0.15) is 6.04 Å². The minimum atomic E-state index is -0.299. The lowest BCUT2D eigenvalue weighted by atomic mass is 9.97. The fourth-order valence-electron chi connectivity index (χ4n) is 2.52. The molecule has 0 bridgehead atoms. The summed E-state index contributed by atoms with van der Waals surface area (Å²) in [7, 11) is 0. The van der Waals surface area contributed by atoms with Gasteiger partial charge >= 0.3 is 0 Å². The van der Waals surface area contributed by atoms with E-state index in [4.69, 9.17) is 5.73 Å². The molecule has 3 N–H and O–H groups in total. The molecule has 1 saturated heterocycles. The predicted octanol–water partition coefficient (Wildman–Crippen LogP) is 0.735. The van der Waals surface area contributed by atoms with Gasteiger partial charge in [-0.1, -0.05) is 23.8 Å². The number of nitrogens with zero attached hydrogens (tertiary/aromatic N) is 1. The van der Waals surface area contributed by atoms with Gasteiger partial charge in [-0.05, 0) is 25.0 Å². The molecule has 4 nitrogen and oxygen atoms in total. The van der Waals surface area contributed by atoms with E-state index >= 15 is 0 Å². The Hall–Kier alpha value is -1.39. The van der Waals surface area contributed by atoms with Gasteiger partial charge in [0.2, 0.25) is 5.91 Å². The van der Waals surface area contributed by atoms with Crippen LogP contribution in [-0.4, -0.2) is 37.0 Å². The first-order valence-electron chi connectivity index (χ1n) is 6.41. The first kappa shape index (κ1) is 13.1. The third kappa shape index (κ3) is 2.71. The van der Waals surface area contributed by atoms with Gasteiger partial charge < -0.3 is 11.1 Å². The average molecular weight is 247 g/mol. The second-order valence-corrected chi connectivity index (χ2v) is 4.95. The maximum Gasteiger partial charge on any atom is 0.239 e. The molecule has 1 amide bonds. The summed E-state index contributed by atoms with van der Waals surface area (Å²) in [5.41, 5.74) is 8.95. The first-order valence-corrected chi connectivity index (χ1v) is 6.41. The first-order chi connectivity index (χ1) is 8.59. The largest absolute Gasteiger partial charge is 0.368 e. The van der Waals surface area contributed by atoms with Gasteiger partial charge in [0, 0.05) is 26.2 Å². The molecule has 0 aromatic heterocycles. The van der Waals surface area contributed by atoms with E-state index in [1.54, 1.807) is 0 Å². The minimum absolute atomic E-state index is 0.259. The maximum absolute atomic E-state index is 11.8. The number of carbonyl (C=O) groups is 1. The zero-order valence-electron chi connectivity index (χ0n) is 11.1. The zero-order valence-corrected chi connectivity index (χ0v) is 11.1. The molecule has 1 aliphatic heterocycles. The van der Waals surface area contributed by atoms with Crippen LogP contribution in [0, 0.1) is 13.8 Å². The summed E-state index contributed by atoms with van der Waals surface area (Å²) in [5.74, 6) is -0.259. The third-order valence-corrected chi connectivity index (χ3v) is 3.52. The molecule has 1 unspecified atom stereocenters. The summed E-state index contributed by atoms with van der Waals surface area (Å²) in [6, 6.07) is 5.90. The van der Waals surface area contributed by atoms with Crippen molar-refractivity contribution in [2.45, 2.75) is 19.9 Å². The molecule has 1 fully saturated rings. The van der Waals surface area contributed by atoms with Crippen molar-refractivity contribution in [2.24, 2.45) is 5.73 Å². The van der Waals surface area contributed by atoms with Crippen molar-refractivity contribution in [1.82, 2.24) is 10.2 Å². The van der Waals surface area contributed by atoms with Crippen LogP contribution in [0.5, 0.6) is 0 Å². The van der Waals surface area contributed by atoms with Crippen LogP contribution in [0.25, 0.3) is 0 Å². The Morgan fingerprint density at radius 2 is 2.00 bits per heavy atom. The summed E-state index contributed by atoms with van der Waals surface area (Å²) >= 11 is 0. The van der Waals surface area contributed by atoms with E-state index in [2.05, 4.69) is 28.4 Å². The molecular formula is C14H21N3O. The van der Waals surface area contributed by atoms with Crippen LogP contribution in [0.3, 0.4) is 0 Å². The van der Waals surface area contributed by atoms with Crippen molar-refractivity contribution in [2.75, 3.05) is 26.2 Å². The van der Waals surface area contributed by atoms with Gasteiger partial charge in [-0.3, -0.25) is 9.69 Å². The molecule has 18 heavy (non-hydrogen) atoms. The third-order valence-electron chi connectivity index (χ3n) is 3.52. The molecule has 1 aliphatic rings. The van der Waals surface area contributed by atoms with Gasteiger partial charge in [0.05, 0.1) is 0 Å². The topological polar surface area (TPSA) is 58.4 Å². The van der Waals surface area contributed by atoms with Gasteiger partial charge in [-0.25, -0.2) is 0 Å². The van der Waals surface area contributed by atoms with E-state index in [1.807, 2.05) is 13.8 Å². The molecule has 98 valence electrons. The number of nitrogens with two attached hydrogens (primary N) is 1. The lowest BCUT2D eigenvalue weighted by Crippen LogP contribution is -2.48. The summed E-state index contributed by atoms with van der Waals surface area (Å²) in [6.07, 6.45) is 0. The van der Waals surface area contributed by atoms with Crippen molar-refractivity contribution in [1.29, 1.82) is 0 Å². The Morgan fingerprint density at radius 1 is 1.33 bits per heavy atom. The zero-order chi connectivity index (χ0) is 13.1. The molecule has 0 radical (unpaired) electrons. The minimum Gasteiger partial charge on any atom is -0.368 e. The monoisotopic (exact) mass is 247 g/mol. The van der Waals surface area contributed by atoms with Crippen molar-refractivity contribution >= 4 is 5.91 Å². The summed E-state index contributed by atoms with van der Waals surface area (Å²) in [5, 5.41) is 3.29. The highest BCUT2D eigenvalue weighted by Crippen LogP contribution is 2.25. The number of piperazine rings is 1. The molecule has 1 aromatic carbocycles. The highest BCUT2D eigenvalue weighted by atomic mass is 16.1. The number of hydrogen-bond donors (Lipinski definition) is 2. The summed E-state index contributed by atoms with van der Waals surface area (Å²) in [6.45, 7) is 7.62. The van der Waals surface area contributed by atoms with E-state index in [0.717, 1.165) is 42.9 Å². The van der Waals surface area contributed by atoms with E-state index in [-0.39, 0.29) is 11.9 Å². The van der Waals surface area contributed by atoms with E-state index in [0.29, 0.717) is 0 Å². The van der Waals surface area contributed by atoms with Crippen molar-refractivity contribution in [3.63, 3.8) is 0 Å². The van der Waals surface area contributed by atoms with Gasteiger partial charge in [-0.15, -0.1) is 0 Å². The number of rotatable bonds is 3. The van der Waals surface area contributed by atoms with Crippen LogP contribution in [0.2, 0.25) is 0 Å². The number of amides is 1. The Kier molecular flexibility index (Phi) is 3.99. The molecule has 1 aromatic rings. The van der Waals surface area contributed by atoms with Crippen molar-refractivity contribution < 1.29 is 4.79 Å². The van der Waals surface area contributed by atoms with Crippen LogP contribution >= 0.6 is 0 Å². The van der Waals surface area contributed by atoms with Crippen molar-refractivity contribution in [3.05, 3.63) is 34.9 Å². The number of benzene rings is 1. The lowest BCUT2D eigenvalue weighted by molar-refractivity contribution is -0.123. The number of aryl methyl sites for hydroxylation is 2. The van der Waals surface area contributed by atoms with Gasteiger partial charge in [0.25, 0.3) is 0 Å². The average Bonchev–Trinajstić information content (AvgIpc) is 2.35. The summed E-state index contributed by atoms with van der Waals surface area (Å²) in [4.78, 5) is 14.0. The van der Waals surface area contributed by atoms with Crippen molar-refractivity contribution in [3.8, 4) is 0 Å². The molecule has 1 heterocycles. The van der Waals surface area contributed by atoms with E-state index in [9.17, 15) is 4.79 Å². The van der Waals surface area contributed by atoms with E-state index in [1.165, 1.54) is 0 Å². The number of carbonyl (C=O) groups excluding carboxylic acids is 1. The molecule has 2 rings (SSSR count). The molecule has 0 spiro atoms. The van der Waals surface area contributed by atoms with E-state index < -0.39 is 0 Å². The normalized spacial score (nSPS) is 18.6. The molecular weight excluding hydrogens is 226 g/mol. The maximum atomic E-state index is 11.8. The second kappa shape index (κ2) is 5.50. The van der Waals surface area contributed by atoms with Gasteiger partial charge in [0.15, 0.2) is 0 Å². The lowest BCUT2D eigenvalue weighted by Gasteiger charge is -2.34. The molecule has 1 atom stereocenters. The SMILES string of the molecule is Cc1ccc(C)c(C(C(N)=O)N2CCNCC2)c1. The number of primary amides is 1. The summed E-state index contributed by atoms with van der Waals surface area (Å²) < 4.78 is 0. The molecule has 0 saturated carbocycles. The smallest absolute Gasteiger partial charge is 0.239 e. The quantitative estimate of drug-likeness (QED) is 0.828. The molecule has 4 heteroatoms. The van der Waals surface area contributed by atoms with Crippen LogP contribution in [0.15, 0.2) is 18.2 Å². The molecule has 0 aliphatic carbocycles. The van der Waals surface area contributed by atoms with Crippen LogP contribution < -0.4 is 11.1 Å². The number of nitrogens with one attached hydrogen (secondary N) is 1. The predicted molar refractivity (Wildman–Crippen MR) is 72.3 cm³/mol.